The van der Waals surface area contributed by atoms with Gasteiger partial charge in [0.15, 0.2) is 9.84 Å². The van der Waals surface area contributed by atoms with E-state index in [2.05, 4.69) is 5.32 Å². The minimum absolute atomic E-state index is 0.0316. The molecule has 1 fully saturated rings. The fraction of sp³-hybridized carbons (Fsp3) is 0.562. The summed E-state index contributed by atoms with van der Waals surface area (Å²) in [6.07, 6.45) is 0.485. The van der Waals surface area contributed by atoms with Gasteiger partial charge in [0.05, 0.1) is 24.7 Å². The highest BCUT2D eigenvalue weighted by Crippen LogP contribution is 2.24. The molecule has 1 aliphatic heterocycles. The summed E-state index contributed by atoms with van der Waals surface area (Å²) in [5.41, 5.74) is 0.973. The standard InChI is InChI=1S/C16H24N2O4S/c1-4-18(12(2)13-6-5-7-15(10-13)22-3)16(19)17-14-8-9-23(20,21)11-14/h5-7,10,12,14H,4,8-9,11H2,1-3H3,(H,17,19)/t12-,14+/m0/s1. The Balaban J connectivity index is 2.07. The van der Waals surface area contributed by atoms with Crippen molar-refractivity contribution in [1.29, 1.82) is 0 Å². The van der Waals surface area contributed by atoms with Crippen LogP contribution in [-0.4, -0.2) is 50.6 Å². The van der Waals surface area contributed by atoms with E-state index in [0.717, 1.165) is 11.3 Å². The number of benzene rings is 1. The third kappa shape index (κ3) is 4.37. The molecule has 1 aromatic rings. The van der Waals surface area contributed by atoms with Crippen LogP contribution in [0.4, 0.5) is 4.79 Å². The number of hydrogen-bond donors (Lipinski definition) is 1. The molecule has 6 nitrogen and oxygen atoms in total. The SMILES string of the molecule is CCN(C(=O)N[C@@H]1CCS(=O)(=O)C1)[C@@H](C)c1cccc(OC)c1. The quantitative estimate of drug-likeness (QED) is 0.889. The molecule has 2 rings (SSSR count). The number of ether oxygens (including phenoxy) is 1. The summed E-state index contributed by atoms with van der Waals surface area (Å²) in [4.78, 5) is 14.2. The molecule has 1 heterocycles. The molecule has 0 unspecified atom stereocenters. The van der Waals surface area contributed by atoms with Gasteiger partial charge in [-0.25, -0.2) is 13.2 Å². The number of urea groups is 1. The van der Waals surface area contributed by atoms with Crippen molar-refractivity contribution in [2.45, 2.75) is 32.4 Å². The van der Waals surface area contributed by atoms with Crippen molar-refractivity contribution >= 4 is 15.9 Å². The van der Waals surface area contributed by atoms with E-state index in [0.29, 0.717) is 13.0 Å². The third-order valence-corrected chi connectivity index (χ3v) is 5.97. The number of amides is 2. The Morgan fingerprint density at radius 3 is 2.78 bits per heavy atom. The van der Waals surface area contributed by atoms with Gasteiger partial charge in [0, 0.05) is 12.6 Å². The van der Waals surface area contributed by atoms with Crippen LogP contribution in [0.3, 0.4) is 0 Å². The Bertz CT molecular complexity index is 660. The van der Waals surface area contributed by atoms with E-state index in [-0.39, 0.29) is 29.6 Å². The maximum Gasteiger partial charge on any atom is 0.318 e. The van der Waals surface area contributed by atoms with E-state index in [1.165, 1.54) is 0 Å². The number of sulfone groups is 1. The predicted octanol–water partition coefficient (Wildman–Crippen LogP) is 1.97. The summed E-state index contributed by atoms with van der Waals surface area (Å²) in [5.74, 6) is 0.923. The molecular formula is C16H24N2O4S. The van der Waals surface area contributed by atoms with Crippen molar-refractivity contribution in [3.05, 3.63) is 29.8 Å². The first kappa shape index (κ1) is 17.6. The molecule has 0 radical (unpaired) electrons. The first-order valence-corrected chi connectivity index (χ1v) is 9.60. The van der Waals surface area contributed by atoms with Gasteiger partial charge in [-0.1, -0.05) is 12.1 Å². The third-order valence-electron chi connectivity index (χ3n) is 4.21. The molecular weight excluding hydrogens is 316 g/mol. The van der Waals surface area contributed by atoms with Crippen LogP contribution >= 0.6 is 0 Å². The first-order chi connectivity index (χ1) is 10.9. The number of hydrogen-bond acceptors (Lipinski definition) is 4. The molecule has 2 amide bonds. The summed E-state index contributed by atoms with van der Waals surface area (Å²) in [7, 11) is -1.40. The highest BCUT2D eigenvalue weighted by Gasteiger charge is 2.31. The van der Waals surface area contributed by atoms with E-state index >= 15 is 0 Å². The van der Waals surface area contributed by atoms with E-state index in [1.807, 2.05) is 38.1 Å². The zero-order valence-corrected chi connectivity index (χ0v) is 14.6. The molecule has 2 atom stereocenters. The number of nitrogens with zero attached hydrogens (tertiary/aromatic N) is 1. The van der Waals surface area contributed by atoms with Crippen LogP contribution in [0.15, 0.2) is 24.3 Å². The van der Waals surface area contributed by atoms with E-state index < -0.39 is 9.84 Å². The van der Waals surface area contributed by atoms with Gasteiger partial charge in [0.25, 0.3) is 0 Å². The second-order valence-electron chi connectivity index (χ2n) is 5.79. The van der Waals surface area contributed by atoms with E-state index in [4.69, 9.17) is 4.74 Å². The molecule has 1 aliphatic rings. The van der Waals surface area contributed by atoms with Crippen molar-refractivity contribution in [1.82, 2.24) is 10.2 Å². The number of nitrogens with one attached hydrogen (secondary N) is 1. The Labute approximate surface area is 137 Å². The van der Waals surface area contributed by atoms with Crippen molar-refractivity contribution in [3.63, 3.8) is 0 Å². The fourth-order valence-corrected chi connectivity index (χ4v) is 4.51. The van der Waals surface area contributed by atoms with Crippen LogP contribution in [-0.2, 0) is 9.84 Å². The Morgan fingerprint density at radius 2 is 2.22 bits per heavy atom. The van der Waals surface area contributed by atoms with Gasteiger partial charge in [-0.3, -0.25) is 0 Å². The molecule has 0 saturated carbocycles. The summed E-state index contributed by atoms with van der Waals surface area (Å²) in [6, 6.07) is 6.94. The van der Waals surface area contributed by atoms with Crippen molar-refractivity contribution in [2.24, 2.45) is 0 Å². The Morgan fingerprint density at radius 1 is 1.48 bits per heavy atom. The minimum Gasteiger partial charge on any atom is -0.497 e. The van der Waals surface area contributed by atoms with Crippen LogP contribution in [0, 0.1) is 0 Å². The molecule has 23 heavy (non-hydrogen) atoms. The van der Waals surface area contributed by atoms with Crippen LogP contribution in [0.1, 0.15) is 31.9 Å². The normalized spacial score (nSPS) is 20.7. The molecule has 0 aromatic heterocycles. The highest BCUT2D eigenvalue weighted by molar-refractivity contribution is 7.91. The monoisotopic (exact) mass is 340 g/mol. The van der Waals surface area contributed by atoms with Crippen LogP contribution < -0.4 is 10.1 Å². The Hall–Kier alpha value is -1.76. The number of methoxy groups -OCH3 is 1. The van der Waals surface area contributed by atoms with Gasteiger partial charge in [-0.2, -0.15) is 0 Å². The lowest BCUT2D eigenvalue weighted by Crippen LogP contribution is -2.46. The average Bonchev–Trinajstić information content (AvgIpc) is 2.86. The van der Waals surface area contributed by atoms with Crippen molar-refractivity contribution in [2.75, 3.05) is 25.2 Å². The Kier molecular flexibility index (Phi) is 5.51. The molecule has 1 aromatic carbocycles. The van der Waals surface area contributed by atoms with Gasteiger partial charge >= 0.3 is 6.03 Å². The fourth-order valence-electron chi connectivity index (χ4n) is 2.84. The van der Waals surface area contributed by atoms with Gasteiger partial charge < -0.3 is 15.0 Å². The zero-order chi connectivity index (χ0) is 17.0. The average molecular weight is 340 g/mol. The van der Waals surface area contributed by atoms with Crippen LogP contribution in [0.25, 0.3) is 0 Å². The molecule has 7 heteroatoms. The largest absolute Gasteiger partial charge is 0.497 e. The number of carbonyl (C=O) groups is 1. The van der Waals surface area contributed by atoms with Crippen molar-refractivity contribution in [3.8, 4) is 5.75 Å². The summed E-state index contributed by atoms with van der Waals surface area (Å²) in [6.45, 7) is 4.38. The van der Waals surface area contributed by atoms with Crippen LogP contribution in [0.5, 0.6) is 5.75 Å². The second-order valence-corrected chi connectivity index (χ2v) is 8.02. The highest BCUT2D eigenvalue weighted by atomic mass is 32.2. The molecule has 1 saturated heterocycles. The maximum absolute atomic E-state index is 12.5. The van der Waals surface area contributed by atoms with Crippen LogP contribution in [0.2, 0.25) is 0 Å². The van der Waals surface area contributed by atoms with Gasteiger partial charge in [-0.05, 0) is 38.0 Å². The molecule has 0 aliphatic carbocycles. The van der Waals surface area contributed by atoms with Gasteiger partial charge in [0.2, 0.25) is 0 Å². The second kappa shape index (κ2) is 7.21. The molecule has 0 bridgehead atoms. The van der Waals surface area contributed by atoms with Gasteiger partial charge in [-0.15, -0.1) is 0 Å². The molecule has 0 spiro atoms. The molecule has 1 N–H and O–H groups in total. The zero-order valence-electron chi connectivity index (χ0n) is 13.8. The predicted molar refractivity (Wildman–Crippen MR) is 89.4 cm³/mol. The first-order valence-electron chi connectivity index (χ1n) is 7.77. The maximum atomic E-state index is 12.5. The smallest absolute Gasteiger partial charge is 0.318 e. The van der Waals surface area contributed by atoms with E-state index in [1.54, 1.807) is 12.0 Å². The topological polar surface area (TPSA) is 75.7 Å². The number of carbonyl (C=O) groups excluding carboxylic acids is 1. The van der Waals surface area contributed by atoms with Gasteiger partial charge in [0.1, 0.15) is 5.75 Å². The van der Waals surface area contributed by atoms with Crippen molar-refractivity contribution < 1.29 is 17.9 Å². The summed E-state index contributed by atoms with van der Waals surface area (Å²) < 4.78 is 28.2. The molecule has 128 valence electrons. The lowest BCUT2D eigenvalue weighted by molar-refractivity contribution is 0.180. The lowest BCUT2D eigenvalue weighted by Gasteiger charge is -2.30. The number of rotatable bonds is 5. The van der Waals surface area contributed by atoms with E-state index in [9.17, 15) is 13.2 Å². The lowest BCUT2D eigenvalue weighted by atomic mass is 10.1. The minimum atomic E-state index is -3.00. The summed E-state index contributed by atoms with van der Waals surface area (Å²) in [5, 5.41) is 2.84. The summed E-state index contributed by atoms with van der Waals surface area (Å²) >= 11 is 0.